The molecule has 8 heteroatoms. The average molecular weight is 444 g/mol. The summed E-state index contributed by atoms with van der Waals surface area (Å²) in [5.41, 5.74) is 0.534. The van der Waals surface area contributed by atoms with Crippen molar-refractivity contribution in [2.75, 3.05) is 27.9 Å². The summed E-state index contributed by atoms with van der Waals surface area (Å²) in [4.78, 5) is 24.4. The molecule has 138 valence electrons. The number of carbonyl (C=O) groups is 2. The molecule has 2 rings (SSSR count). The molecule has 0 radical (unpaired) electrons. The zero-order valence-electron chi connectivity index (χ0n) is 14.3. The van der Waals surface area contributed by atoms with E-state index in [1.165, 1.54) is 33.5 Å². The second-order valence-corrected chi connectivity index (χ2v) is 6.30. The van der Waals surface area contributed by atoms with Crippen LogP contribution >= 0.6 is 27.5 Å². The first-order valence-corrected chi connectivity index (χ1v) is 8.53. The fourth-order valence-corrected chi connectivity index (χ4v) is 3.00. The van der Waals surface area contributed by atoms with Crippen LogP contribution in [-0.4, -0.2) is 39.7 Å². The Kier molecular flexibility index (Phi) is 6.88. The van der Waals surface area contributed by atoms with Gasteiger partial charge < -0.3 is 18.9 Å². The van der Waals surface area contributed by atoms with E-state index in [4.69, 9.17) is 30.5 Å². The third-order valence-corrected chi connectivity index (χ3v) is 4.38. The number of hydrogen-bond donors (Lipinski definition) is 0. The molecular weight excluding hydrogens is 428 g/mol. The number of Topliss-reactive ketones (excluding diaryl/α,β-unsaturated/α-hetero) is 1. The largest absolute Gasteiger partial charge is 0.496 e. The fourth-order valence-electron chi connectivity index (χ4n) is 2.17. The normalized spacial score (nSPS) is 10.2. The van der Waals surface area contributed by atoms with Crippen molar-refractivity contribution >= 4 is 39.3 Å². The molecule has 2 aromatic carbocycles. The predicted molar refractivity (Wildman–Crippen MR) is 99.9 cm³/mol. The quantitative estimate of drug-likeness (QED) is 0.472. The van der Waals surface area contributed by atoms with E-state index in [0.717, 1.165) is 0 Å². The Morgan fingerprint density at radius 3 is 2.23 bits per heavy atom. The smallest absolute Gasteiger partial charge is 0.338 e. The Hall–Kier alpha value is -2.25. The summed E-state index contributed by atoms with van der Waals surface area (Å²) >= 11 is 9.37. The lowest BCUT2D eigenvalue weighted by Gasteiger charge is -2.11. The molecule has 0 fully saturated rings. The monoisotopic (exact) mass is 442 g/mol. The molecule has 0 aliphatic heterocycles. The lowest BCUT2D eigenvalue weighted by Crippen LogP contribution is -2.14. The lowest BCUT2D eigenvalue weighted by atomic mass is 10.1. The summed E-state index contributed by atoms with van der Waals surface area (Å²) in [7, 11) is 4.39. The van der Waals surface area contributed by atoms with Crippen molar-refractivity contribution in [1.29, 1.82) is 0 Å². The van der Waals surface area contributed by atoms with Crippen LogP contribution in [-0.2, 0) is 4.74 Å². The predicted octanol–water partition coefficient (Wildman–Crippen LogP) is 4.17. The van der Waals surface area contributed by atoms with E-state index in [2.05, 4.69) is 15.9 Å². The van der Waals surface area contributed by atoms with Gasteiger partial charge in [0.1, 0.15) is 5.75 Å². The summed E-state index contributed by atoms with van der Waals surface area (Å²) < 4.78 is 21.1. The lowest BCUT2D eigenvalue weighted by molar-refractivity contribution is 0.0474. The van der Waals surface area contributed by atoms with E-state index in [0.29, 0.717) is 21.5 Å². The van der Waals surface area contributed by atoms with Crippen LogP contribution in [0, 0.1) is 0 Å². The molecule has 0 saturated carbocycles. The van der Waals surface area contributed by atoms with Gasteiger partial charge in [-0.2, -0.15) is 0 Å². The molecule has 0 bridgehead atoms. The van der Waals surface area contributed by atoms with Gasteiger partial charge in [-0.05, 0) is 46.3 Å². The zero-order valence-corrected chi connectivity index (χ0v) is 16.6. The van der Waals surface area contributed by atoms with Gasteiger partial charge in [0.2, 0.25) is 0 Å². The van der Waals surface area contributed by atoms with E-state index in [9.17, 15) is 9.59 Å². The minimum Gasteiger partial charge on any atom is -0.496 e. The highest BCUT2D eigenvalue weighted by Gasteiger charge is 2.18. The van der Waals surface area contributed by atoms with Crippen molar-refractivity contribution < 1.29 is 28.5 Å². The summed E-state index contributed by atoms with van der Waals surface area (Å²) in [6.45, 7) is -0.413. The van der Waals surface area contributed by atoms with Gasteiger partial charge in [-0.25, -0.2) is 4.79 Å². The minimum atomic E-state index is -0.700. The van der Waals surface area contributed by atoms with Gasteiger partial charge in [0.15, 0.2) is 23.9 Å². The Bertz CT molecular complexity index is 837. The van der Waals surface area contributed by atoms with Crippen molar-refractivity contribution in [3.63, 3.8) is 0 Å². The first-order chi connectivity index (χ1) is 12.4. The van der Waals surface area contributed by atoms with Crippen LogP contribution < -0.4 is 14.2 Å². The molecular formula is C18H16BrClO6. The summed E-state index contributed by atoms with van der Waals surface area (Å²) in [6, 6.07) is 7.66. The molecule has 6 nitrogen and oxygen atoms in total. The highest BCUT2D eigenvalue weighted by molar-refractivity contribution is 9.10. The Labute approximate surface area is 164 Å². The molecule has 26 heavy (non-hydrogen) atoms. The number of benzene rings is 2. The van der Waals surface area contributed by atoms with Crippen LogP contribution in [0.2, 0.25) is 5.02 Å². The SMILES string of the molecule is COc1ccc(C(=O)COC(=O)c2cc(Cl)c(OC)c(OC)c2)cc1Br. The highest BCUT2D eigenvalue weighted by atomic mass is 79.9. The molecule has 0 saturated heterocycles. The summed E-state index contributed by atoms with van der Waals surface area (Å²) in [5, 5.41) is 0.198. The molecule has 0 aliphatic carbocycles. The zero-order chi connectivity index (χ0) is 19.3. The van der Waals surface area contributed by atoms with Gasteiger partial charge in [0, 0.05) is 5.56 Å². The first-order valence-electron chi connectivity index (χ1n) is 7.36. The van der Waals surface area contributed by atoms with Crippen LogP contribution in [0.25, 0.3) is 0 Å². The maximum Gasteiger partial charge on any atom is 0.338 e. The van der Waals surface area contributed by atoms with Gasteiger partial charge >= 0.3 is 5.97 Å². The van der Waals surface area contributed by atoms with E-state index >= 15 is 0 Å². The number of carbonyl (C=O) groups excluding carboxylic acids is 2. The number of ketones is 1. The number of hydrogen-bond acceptors (Lipinski definition) is 6. The van der Waals surface area contributed by atoms with Crippen LogP contribution in [0.5, 0.6) is 17.2 Å². The van der Waals surface area contributed by atoms with Crippen LogP contribution in [0.3, 0.4) is 0 Å². The summed E-state index contributed by atoms with van der Waals surface area (Å²) in [5.74, 6) is 0.141. The maximum atomic E-state index is 12.2. The van der Waals surface area contributed by atoms with E-state index in [-0.39, 0.29) is 22.1 Å². The Balaban J connectivity index is 2.10. The van der Waals surface area contributed by atoms with Gasteiger partial charge in [-0.3, -0.25) is 4.79 Å². The fraction of sp³-hybridized carbons (Fsp3) is 0.222. The van der Waals surface area contributed by atoms with Crippen molar-refractivity contribution in [3.8, 4) is 17.2 Å². The minimum absolute atomic E-state index is 0.149. The average Bonchev–Trinajstić information content (AvgIpc) is 2.64. The van der Waals surface area contributed by atoms with Crippen molar-refractivity contribution in [2.24, 2.45) is 0 Å². The molecule has 0 spiro atoms. The van der Waals surface area contributed by atoms with Gasteiger partial charge in [-0.1, -0.05) is 11.6 Å². The number of halogens is 2. The third-order valence-electron chi connectivity index (χ3n) is 3.48. The maximum absolute atomic E-state index is 12.2. The number of rotatable bonds is 7. The van der Waals surface area contributed by atoms with E-state index in [1.807, 2.05) is 0 Å². The topological polar surface area (TPSA) is 71.1 Å². The van der Waals surface area contributed by atoms with Gasteiger partial charge in [-0.15, -0.1) is 0 Å². The first kappa shape index (κ1) is 20.1. The van der Waals surface area contributed by atoms with Gasteiger partial charge in [0.05, 0.1) is 36.4 Å². The standard InChI is InChI=1S/C18H16BrClO6/c1-23-15-5-4-10(6-12(15)19)14(21)9-26-18(22)11-7-13(20)17(25-3)16(8-11)24-2/h4-8H,9H2,1-3H3. The molecule has 0 amide bonds. The van der Waals surface area contributed by atoms with E-state index in [1.54, 1.807) is 18.2 Å². The van der Waals surface area contributed by atoms with Crippen LogP contribution in [0.1, 0.15) is 20.7 Å². The number of ether oxygens (including phenoxy) is 4. The second-order valence-electron chi connectivity index (χ2n) is 5.04. The molecule has 0 aliphatic rings. The number of esters is 1. The third kappa shape index (κ3) is 4.47. The molecule has 0 heterocycles. The van der Waals surface area contributed by atoms with Crippen molar-refractivity contribution in [3.05, 3.63) is 51.0 Å². The molecule has 0 atom stereocenters. The highest BCUT2D eigenvalue weighted by Crippen LogP contribution is 2.36. The molecule has 0 aromatic heterocycles. The van der Waals surface area contributed by atoms with E-state index < -0.39 is 12.6 Å². The van der Waals surface area contributed by atoms with Crippen LogP contribution in [0.15, 0.2) is 34.8 Å². The Morgan fingerprint density at radius 1 is 0.962 bits per heavy atom. The second kappa shape index (κ2) is 8.91. The van der Waals surface area contributed by atoms with Crippen molar-refractivity contribution in [1.82, 2.24) is 0 Å². The van der Waals surface area contributed by atoms with Crippen molar-refractivity contribution in [2.45, 2.75) is 0 Å². The number of methoxy groups -OCH3 is 3. The van der Waals surface area contributed by atoms with Crippen LogP contribution in [0.4, 0.5) is 0 Å². The van der Waals surface area contributed by atoms with Gasteiger partial charge in [0.25, 0.3) is 0 Å². The summed E-state index contributed by atoms with van der Waals surface area (Å²) in [6.07, 6.45) is 0. The molecule has 0 N–H and O–H groups in total. The molecule has 2 aromatic rings. The Morgan fingerprint density at radius 2 is 1.65 bits per heavy atom. The molecule has 0 unspecified atom stereocenters.